The lowest BCUT2D eigenvalue weighted by molar-refractivity contribution is 0.0512. The van der Waals surface area contributed by atoms with Gasteiger partial charge in [-0.05, 0) is 66.8 Å². The number of aromatic nitrogens is 4. The SMILES string of the molecule is Cc1cccc(C)c1-c1cc2nc(n1)NS(=O)(=O)c1cccc(c1)C(=O)N(Cc1cnc(N3CCC(C)(C)C3)nc1)[C@H](CC(C)(C)C)CO2. The molecule has 0 unspecified atom stereocenters. The summed E-state index contributed by atoms with van der Waals surface area (Å²) in [6.07, 6.45) is 5.21. The van der Waals surface area contributed by atoms with Crippen LogP contribution in [-0.4, -0.2) is 64.9 Å². The average molecular weight is 684 g/mol. The molecule has 0 aliphatic carbocycles. The molecular formula is C37H45N7O4S. The summed E-state index contributed by atoms with van der Waals surface area (Å²) in [5.74, 6) is 0.427. The molecule has 1 amide bonds. The summed E-state index contributed by atoms with van der Waals surface area (Å²) in [4.78, 5) is 36.8. The summed E-state index contributed by atoms with van der Waals surface area (Å²) < 4.78 is 36.3. The Labute approximate surface area is 289 Å². The van der Waals surface area contributed by atoms with Crippen molar-refractivity contribution >= 4 is 27.8 Å². The van der Waals surface area contributed by atoms with Gasteiger partial charge in [-0.15, -0.1) is 0 Å². The van der Waals surface area contributed by atoms with Crippen LogP contribution >= 0.6 is 0 Å². The van der Waals surface area contributed by atoms with Gasteiger partial charge in [-0.3, -0.25) is 4.79 Å². The van der Waals surface area contributed by atoms with Crippen molar-refractivity contribution in [1.29, 1.82) is 0 Å². The van der Waals surface area contributed by atoms with Crippen molar-refractivity contribution < 1.29 is 17.9 Å². The lowest BCUT2D eigenvalue weighted by atomic mass is 9.87. The standard InChI is InChI=1S/C37H45N7O4S/c1-24-10-8-11-25(2)32(24)30-17-31-41-34(40-30)42-49(46,47)29-13-9-12-27(16-29)33(45)44(28(22-48-31)18-36(3,4)5)21-26-19-38-35(39-20-26)43-15-14-37(6,7)23-43/h8-13,16-17,19-20,28H,14-15,18,21-23H2,1-7H3,(H,40,41,42)/t28-/m1/s1. The molecule has 0 saturated carbocycles. The van der Waals surface area contributed by atoms with Crippen LogP contribution in [0.15, 0.2) is 65.8 Å². The van der Waals surface area contributed by atoms with Crippen LogP contribution in [0.25, 0.3) is 11.3 Å². The number of rotatable bonds is 5. The van der Waals surface area contributed by atoms with E-state index < -0.39 is 16.1 Å². The molecule has 4 aromatic rings. The monoisotopic (exact) mass is 683 g/mol. The first-order valence-corrected chi connectivity index (χ1v) is 18.1. The highest BCUT2D eigenvalue weighted by Crippen LogP contribution is 2.33. The summed E-state index contributed by atoms with van der Waals surface area (Å²) in [7, 11) is -4.17. The largest absolute Gasteiger partial charge is 0.475 e. The van der Waals surface area contributed by atoms with Gasteiger partial charge in [-0.2, -0.15) is 4.98 Å². The van der Waals surface area contributed by atoms with Crippen LogP contribution in [0.3, 0.4) is 0 Å². The van der Waals surface area contributed by atoms with Gasteiger partial charge in [0.2, 0.25) is 17.8 Å². The average Bonchev–Trinajstić information content (AvgIpc) is 3.40. The van der Waals surface area contributed by atoms with Gasteiger partial charge in [-0.25, -0.2) is 28.1 Å². The van der Waals surface area contributed by atoms with E-state index in [2.05, 4.69) is 64.2 Å². The maximum absolute atomic E-state index is 14.5. The predicted octanol–water partition coefficient (Wildman–Crippen LogP) is 6.43. The molecule has 2 aliphatic heterocycles. The molecule has 4 heterocycles. The van der Waals surface area contributed by atoms with Crippen molar-refractivity contribution in [1.82, 2.24) is 24.8 Å². The fraction of sp³-hybridized carbons (Fsp3) is 0.432. The molecule has 49 heavy (non-hydrogen) atoms. The minimum atomic E-state index is -4.17. The third-order valence-electron chi connectivity index (χ3n) is 9.03. The molecule has 0 radical (unpaired) electrons. The van der Waals surface area contributed by atoms with Crippen molar-refractivity contribution in [2.24, 2.45) is 10.8 Å². The molecule has 11 nitrogen and oxygen atoms in total. The molecule has 6 rings (SSSR count). The number of ether oxygens (including phenoxy) is 1. The third-order valence-corrected chi connectivity index (χ3v) is 10.4. The maximum atomic E-state index is 14.5. The Morgan fingerprint density at radius 1 is 1.00 bits per heavy atom. The van der Waals surface area contributed by atoms with Gasteiger partial charge in [0.1, 0.15) is 6.61 Å². The first-order valence-electron chi connectivity index (χ1n) is 16.7. The van der Waals surface area contributed by atoms with Gasteiger partial charge in [0.05, 0.1) is 16.6 Å². The lowest BCUT2D eigenvalue weighted by Gasteiger charge is -2.35. The minimum Gasteiger partial charge on any atom is -0.475 e. The Morgan fingerprint density at radius 3 is 2.35 bits per heavy atom. The molecule has 2 aliphatic rings. The van der Waals surface area contributed by atoms with Crippen LogP contribution < -0.4 is 14.4 Å². The predicted molar refractivity (Wildman–Crippen MR) is 190 cm³/mol. The summed E-state index contributed by atoms with van der Waals surface area (Å²) in [6.45, 7) is 16.9. The molecule has 2 aromatic carbocycles. The van der Waals surface area contributed by atoms with E-state index in [1.54, 1.807) is 35.5 Å². The van der Waals surface area contributed by atoms with Crippen molar-refractivity contribution in [3.63, 3.8) is 0 Å². The first-order chi connectivity index (χ1) is 23.1. The number of fused-ring (bicyclic) bond motifs is 4. The number of hydrogen-bond donors (Lipinski definition) is 1. The zero-order valence-electron chi connectivity index (χ0n) is 29.3. The van der Waals surface area contributed by atoms with E-state index >= 15 is 0 Å². The van der Waals surface area contributed by atoms with E-state index in [1.165, 1.54) is 12.1 Å². The molecule has 1 saturated heterocycles. The number of anilines is 2. The van der Waals surface area contributed by atoms with Gasteiger partial charge in [0, 0.05) is 54.8 Å². The zero-order valence-corrected chi connectivity index (χ0v) is 30.1. The summed E-state index contributed by atoms with van der Waals surface area (Å²) in [5, 5.41) is 0. The highest BCUT2D eigenvalue weighted by molar-refractivity contribution is 7.92. The fourth-order valence-corrected chi connectivity index (χ4v) is 7.61. The second-order valence-electron chi connectivity index (χ2n) is 15.2. The molecule has 1 N–H and O–H groups in total. The molecule has 4 bridgehead atoms. The number of sulfonamides is 1. The van der Waals surface area contributed by atoms with E-state index in [-0.39, 0.29) is 52.2 Å². The fourth-order valence-electron chi connectivity index (χ4n) is 6.62. The molecule has 258 valence electrons. The molecule has 1 fully saturated rings. The van der Waals surface area contributed by atoms with Crippen LogP contribution in [0.2, 0.25) is 0 Å². The highest BCUT2D eigenvalue weighted by Gasteiger charge is 2.33. The van der Waals surface area contributed by atoms with Crippen molar-refractivity contribution in [2.45, 2.75) is 78.8 Å². The van der Waals surface area contributed by atoms with E-state index in [0.29, 0.717) is 18.1 Å². The lowest BCUT2D eigenvalue weighted by Crippen LogP contribution is -2.45. The third kappa shape index (κ3) is 7.85. The van der Waals surface area contributed by atoms with E-state index in [9.17, 15) is 13.2 Å². The van der Waals surface area contributed by atoms with Crippen LogP contribution in [0.5, 0.6) is 5.88 Å². The molecule has 0 spiro atoms. The Bertz CT molecular complexity index is 1950. The highest BCUT2D eigenvalue weighted by atomic mass is 32.2. The smallest absolute Gasteiger partial charge is 0.264 e. The number of benzene rings is 2. The zero-order chi connectivity index (χ0) is 35.1. The topological polar surface area (TPSA) is 131 Å². The summed E-state index contributed by atoms with van der Waals surface area (Å²) >= 11 is 0. The first kappa shape index (κ1) is 34.3. The minimum absolute atomic E-state index is 0.0744. The number of nitrogens with one attached hydrogen (secondary N) is 1. The van der Waals surface area contributed by atoms with Crippen LogP contribution in [0, 0.1) is 24.7 Å². The summed E-state index contributed by atoms with van der Waals surface area (Å²) in [5.41, 5.74) is 4.37. The van der Waals surface area contributed by atoms with Crippen molar-refractivity contribution in [2.75, 3.05) is 29.3 Å². The van der Waals surface area contributed by atoms with Crippen LogP contribution in [0.4, 0.5) is 11.9 Å². The summed E-state index contributed by atoms with van der Waals surface area (Å²) in [6, 6.07) is 13.3. The number of hydrogen-bond acceptors (Lipinski definition) is 9. The van der Waals surface area contributed by atoms with Gasteiger partial charge < -0.3 is 14.5 Å². The van der Waals surface area contributed by atoms with Gasteiger partial charge in [0.25, 0.3) is 15.9 Å². The van der Waals surface area contributed by atoms with E-state index in [0.717, 1.165) is 41.8 Å². The Balaban J connectivity index is 1.43. The van der Waals surface area contributed by atoms with Gasteiger partial charge >= 0.3 is 0 Å². The van der Waals surface area contributed by atoms with Crippen molar-refractivity contribution in [3.8, 4) is 17.1 Å². The number of amides is 1. The normalized spacial score (nSPS) is 18.9. The van der Waals surface area contributed by atoms with Crippen LogP contribution in [0.1, 0.15) is 74.5 Å². The molecular weight excluding hydrogens is 639 g/mol. The number of carbonyl (C=O) groups is 1. The second kappa shape index (κ2) is 13.0. The number of carbonyl (C=O) groups excluding carboxylic acids is 1. The van der Waals surface area contributed by atoms with Crippen LogP contribution in [-0.2, 0) is 16.6 Å². The Hall–Kier alpha value is -4.58. The second-order valence-corrected chi connectivity index (χ2v) is 16.9. The number of aryl methyl sites for hydroxylation is 2. The number of nitrogens with zero attached hydrogens (tertiary/aromatic N) is 6. The van der Waals surface area contributed by atoms with Gasteiger partial charge in [0.15, 0.2) is 0 Å². The molecule has 1 atom stereocenters. The molecule has 2 aromatic heterocycles. The van der Waals surface area contributed by atoms with E-state index in [4.69, 9.17) is 4.74 Å². The van der Waals surface area contributed by atoms with E-state index in [1.807, 2.05) is 32.0 Å². The molecule has 12 heteroatoms. The Kier molecular flexibility index (Phi) is 9.12. The quantitative estimate of drug-likeness (QED) is 0.253. The van der Waals surface area contributed by atoms with Crippen molar-refractivity contribution in [3.05, 3.63) is 83.2 Å². The Morgan fingerprint density at radius 2 is 1.69 bits per heavy atom. The van der Waals surface area contributed by atoms with Gasteiger partial charge in [-0.1, -0.05) is 58.9 Å². The maximum Gasteiger partial charge on any atom is 0.264 e.